The molecule has 0 amide bonds. The molecule has 0 bridgehead atoms. The van der Waals surface area contributed by atoms with Gasteiger partial charge in [-0.15, -0.1) is 11.8 Å². The summed E-state index contributed by atoms with van der Waals surface area (Å²) >= 11 is 7.93. The van der Waals surface area contributed by atoms with Crippen LogP contribution in [0.3, 0.4) is 0 Å². The van der Waals surface area contributed by atoms with Gasteiger partial charge in [0.25, 0.3) is 0 Å². The molecule has 2 atom stereocenters. The number of nitrogens with zero attached hydrogens (tertiary/aromatic N) is 1. The second-order valence-corrected chi connectivity index (χ2v) is 8.24. The lowest BCUT2D eigenvalue weighted by Gasteiger charge is -2.27. The van der Waals surface area contributed by atoms with Crippen LogP contribution in [0.2, 0.25) is 5.02 Å². The highest BCUT2D eigenvalue weighted by atomic mass is 35.5. The van der Waals surface area contributed by atoms with E-state index in [9.17, 15) is 5.11 Å². The molecule has 1 aliphatic rings. The number of rotatable bonds is 2. The summed E-state index contributed by atoms with van der Waals surface area (Å²) < 4.78 is 11.3. The van der Waals surface area contributed by atoms with Crippen molar-refractivity contribution >= 4 is 34.5 Å². The van der Waals surface area contributed by atoms with Gasteiger partial charge in [0.05, 0.1) is 22.6 Å². The predicted molar refractivity (Wildman–Crippen MR) is 88.8 cm³/mol. The molecule has 1 N–H and O–H groups in total. The van der Waals surface area contributed by atoms with Gasteiger partial charge in [0.1, 0.15) is 5.52 Å². The highest BCUT2D eigenvalue weighted by Gasteiger charge is 2.28. The van der Waals surface area contributed by atoms with Crippen LogP contribution in [0.25, 0.3) is 11.1 Å². The van der Waals surface area contributed by atoms with Gasteiger partial charge in [0.2, 0.25) is 5.89 Å². The van der Waals surface area contributed by atoms with Gasteiger partial charge in [0, 0.05) is 17.3 Å². The Bertz CT molecular complexity index is 680. The normalized spacial score (nSPS) is 23.1. The van der Waals surface area contributed by atoms with Crippen LogP contribution >= 0.6 is 23.4 Å². The van der Waals surface area contributed by atoms with Gasteiger partial charge in [-0.3, -0.25) is 0 Å². The Morgan fingerprint density at radius 3 is 2.82 bits per heavy atom. The molecule has 0 radical (unpaired) electrons. The van der Waals surface area contributed by atoms with Crippen LogP contribution in [0.1, 0.15) is 33.1 Å². The molecule has 22 heavy (non-hydrogen) atoms. The van der Waals surface area contributed by atoms with Crippen LogP contribution in [-0.4, -0.2) is 34.7 Å². The fraction of sp³-hybridized carbons (Fsp3) is 0.562. The molecule has 1 fully saturated rings. The summed E-state index contributed by atoms with van der Waals surface area (Å²) in [6.45, 7) is 7.22. The van der Waals surface area contributed by atoms with Crippen molar-refractivity contribution in [3.63, 3.8) is 0 Å². The lowest BCUT2D eigenvalue weighted by molar-refractivity contribution is -0.000690. The van der Waals surface area contributed by atoms with E-state index in [0.29, 0.717) is 29.7 Å². The van der Waals surface area contributed by atoms with E-state index in [1.807, 2.05) is 12.1 Å². The van der Waals surface area contributed by atoms with Crippen molar-refractivity contribution in [2.75, 3.05) is 13.2 Å². The van der Waals surface area contributed by atoms with Crippen molar-refractivity contribution in [2.24, 2.45) is 0 Å². The molecule has 120 valence electrons. The predicted octanol–water partition coefficient (Wildman–Crippen LogP) is 4.02. The maximum absolute atomic E-state index is 10.1. The third kappa shape index (κ3) is 3.13. The van der Waals surface area contributed by atoms with Gasteiger partial charge in [-0.2, -0.15) is 0 Å². The van der Waals surface area contributed by atoms with Gasteiger partial charge in [-0.05, 0) is 18.6 Å². The van der Waals surface area contributed by atoms with Crippen molar-refractivity contribution < 1.29 is 14.3 Å². The number of ether oxygens (including phenoxy) is 1. The van der Waals surface area contributed by atoms with E-state index in [0.717, 1.165) is 16.8 Å². The fourth-order valence-electron chi connectivity index (χ4n) is 2.37. The van der Waals surface area contributed by atoms with Crippen LogP contribution in [0.4, 0.5) is 0 Å². The summed E-state index contributed by atoms with van der Waals surface area (Å²) in [4.78, 5) is 5.43. The molecule has 1 aliphatic heterocycles. The highest BCUT2D eigenvalue weighted by Crippen LogP contribution is 2.40. The number of thioether (sulfide) groups is 1. The number of hydrogen-bond acceptors (Lipinski definition) is 5. The van der Waals surface area contributed by atoms with E-state index in [4.69, 9.17) is 20.8 Å². The molecule has 0 unspecified atom stereocenters. The highest BCUT2D eigenvalue weighted by molar-refractivity contribution is 8.00. The van der Waals surface area contributed by atoms with E-state index in [1.54, 1.807) is 11.8 Å². The Morgan fingerprint density at radius 1 is 1.36 bits per heavy atom. The number of aliphatic hydroxyl groups is 1. The minimum Gasteiger partial charge on any atom is -0.439 e. The quantitative estimate of drug-likeness (QED) is 0.894. The van der Waals surface area contributed by atoms with Gasteiger partial charge in [-0.1, -0.05) is 32.4 Å². The van der Waals surface area contributed by atoms with E-state index < -0.39 is 6.10 Å². The molecule has 2 heterocycles. The molecular weight excluding hydrogens is 322 g/mol. The summed E-state index contributed by atoms with van der Waals surface area (Å²) in [5, 5.41) is 10.8. The zero-order chi connectivity index (χ0) is 15.9. The average molecular weight is 342 g/mol. The van der Waals surface area contributed by atoms with Crippen LogP contribution in [0, 0.1) is 0 Å². The number of benzene rings is 1. The van der Waals surface area contributed by atoms with Crippen molar-refractivity contribution in [1.82, 2.24) is 4.98 Å². The number of oxazole rings is 1. The van der Waals surface area contributed by atoms with Crippen molar-refractivity contribution in [2.45, 2.75) is 48.9 Å². The van der Waals surface area contributed by atoms with E-state index >= 15 is 0 Å². The molecule has 0 saturated carbocycles. The minimum atomic E-state index is -0.491. The smallest absolute Gasteiger partial charge is 0.200 e. The van der Waals surface area contributed by atoms with E-state index in [2.05, 4.69) is 25.8 Å². The Kier molecular flexibility index (Phi) is 4.42. The summed E-state index contributed by atoms with van der Waals surface area (Å²) in [5.41, 5.74) is 1.35. The number of fused-ring (bicyclic) bond motifs is 1. The van der Waals surface area contributed by atoms with Crippen molar-refractivity contribution in [3.05, 3.63) is 23.0 Å². The van der Waals surface area contributed by atoms with Gasteiger partial charge in [-0.25, -0.2) is 4.98 Å². The van der Waals surface area contributed by atoms with Crippen LogP contribution in [-0.2, 0) is 10.2 Å². The van der Waals surface area contributed by atoms with Crippen LogP contribution in [0.15, 0.2) is 21.4 Å². The first-order valence-electron chi connectivity index (χ1n) is 7.38. The zero-order valence-electron chi connectivity index (χ0n) is 12.9. The Hall–Kier alpha value is -0.750. The second-order valence-electron chi connectivity index (χ2n) is 6.58. The van der Waals surface area contributed by atoms with Gasteiger partial charge >= 0.3 is 0 Å². The molecule has 1 aromatic carbocycles. The van der Waals surface area contributed by atoms with Crippen LogP contribution in [0.5, 0.6) is 0 Å². The topological polar surface area (TPSA) is 55.5 Å². The molecule has 4 nitrogen and oxygen atoms in total. The Balaban J connectivity index is 2.00. The third-order valence-corrected chi connectivity index (χ3v) is 5.56. The average Bonchev–Trinajstić information content (AvgIpc) is 2.88. The van der Waals surface area contributed by atoms with Crippen LogP contribution < -0.4 is 0 Å². The molecule has 2 aromatic rings. The fourth-order valence-corrected chi connectivity index (χ4v) is 3.84. The Labute approximate surface area is 139 Å². The summed E-state index contributed by atoms with van der Waals surface area (Å²) in [5.74, 6) is 0.694. The van der Waals surface area contributed by atoms with Gasteiger partial charge in [0.15, 0.2) is 5.58 Å². The molecule has 0 aliphatic carbocycles. The molecule has 0 spiro atoms. The SMILES string of the molecule is CC(C)(C)c1nc2ccc(Cl)c(S[C@@H]3CCOC[C@H]3O)c2o1. The lowest BCUT2D eigenvalue weighted by atomic mass is 9.97. The third-order valence-electron chi connectivity index (χ3n) is 3.64. The molecule has 3 rings (SSSR count). The van der Waals surface area contributed by atoms with E-state index in [-0.39, 0.29) is 10.7 Å². The first kappa shape index (κ1) is 16.1. The van der Waals surface area contributed by atoms with Crippen molar-refractivity contribution in [1.29, 1.82) is 0 Å². The number of halogens is 1. The number of hydrogen-bond donors (Lipinski definition) is 1. The maximum atomic E-state index is 10.1. The molecule has 1 aromatic heterocycles. The summed E-state index contributed by atoms with van der Waals surface area (Å²) in [6, 6.07) is 3.72. The van der Waals surface area contributed by atoms with E-state index in [1.165, 1.54) is 0 Å². The standard InChI is InChI=1S/C16H20ClNO3S/c1-16(2,3)15-18-10-5-4-9(17)14(13(10)21-15)22-12-6-7-20-8-11(12)19/h4-5,11-12,19H,6-8H2,1-3H3/t11-,12-/m1/s1. The first-order chi connectivity index (χ1) is 10.4. The number of aromatic nitrogens is 1. The maximum Gasteiger partial charge on any atom is 0.200 e. The van der Waals surface area contributed by atoms with Crippen molar-refractivity contribution in [3.8, 4) is 0 Å². The second kappa shape index (κ2) is 6.04. The molecular formula is C16H20ClNO3S. The molecule has 1 saturated heterocycles. The zero-order valence-corrected chi connectivity index (χ0v) is 14.5. The number of aliphatic hydroxyl groups excluding tert-OH is 1. The minimum absolute atomic E-state index is 0.0556. The first-order valence-corrected chi connectivity index (χ1v) is 8.64. The monoisotopic (exact) mass is 341 g/mol. The summed E-state index contributed by atoms with van der Waals surface area (Å²) in [6.07, 6.45) is 0.300. The Morgan fingerprint density at radius 2 is 2.14 bits per heavy atom. The molecule has 6 heteroatoms. The largest absolute Gasteiger partial charge is 0.439 e. The summed E-state index contributed by atoms with van der Waals surface area (Å²) in [7, 11) is 0. The van der Waals surface area contributed by atoms with Gasteiger partial charge < -0.3 is 14.3 Å². The lowest BCUT2D eigenvalue weighted by Crippen LogP contribution is -2.34.